The van der Waals surface area contributed by atoms with Crippen molar-refractivity contribution in [1.29, 1.82) is 0 Å². The molecule has 0 aliphatic rings. The summed E-state index contributed by atoms with van der Waals surface area (Å²) in [7, 11) is 0. The molecule has 0 spiro atoms. The van der Waals surface area contributed by atoms with Crippen molar-refractivity contribution < 1.29 is 22.4 Å². The fourth-order valence-electron chi connectivity index (χ4n) is 2.67. The molecule has 138 valence electrons. The monoisotopic (exact) mass is 374 g/mol. The number of rotatable bonds is 3. The minimum absolute atomic E-state index is 0.192. The molecule has 0 bridgehead atoms. The van der Waals surface area contributed by atoms with E-state index in [2.05, 4.69) is 10.3 Å². The van der Waals surface area contributed by atoms with E-state index in [1.54, 1.807) is 30.6 Å². The van der Waals surface area contributed by atoms with Crippen LogP contribution in [0.5, 0.6) is 0 Å². The molecule has 1 aromatic heterocycles. The summed E-state index contributed by atoms with van der Waals surface area (Å²) < 4.78 is 51.6. The van der Waals surface area contributed by atoms with Crippen LogP contribution in [0.15, 0.2) is 60.9 Å². The zero-order valence-corrected chi connectivity index (χ0v) is 14.1. The highest BCUT2D eigenvalue weighted by Gasteiger charge is 2.33. The van der Waals surface area contributed by atoms with Crippen molar-refractivity contribution in [2.24, 2.45) is 0 Å². The molecule has 0 radical (unpaired) electrons. The van der Waals surface area contributed by atoms with Crippen molar-refractivity contribution in [2.75, 3.05) is 5.32 Å². The van der Waals surface area contributed by atoms with E-state index in [1.165, 1.54) is 13.0 Å². The van der Waals surface area contributed by atoms with Gasteiger partial charge in [0.05, 0.1) is 5.56 Å². The Labute approximate surface area is 152 Å². The van der Waals surface area contributed by atoms with Gasteiger partial charge in [-0.05, 0) is 42.3 Å². The third-order valence-corrected chi connectivity index (χ3v) is 4.02. The van der Waals surface area contributed by atoms with E-state index >= 15 is 0 Å². The molecule has 3 aromatic rings. The first-order valence-electron chi connectivity index (χ1n) is 7.95. The second-order valence-corrected chi connectivity index (χ2v) is 5.91. The summed E-state index contributed by atoms with van der Waals surface area (Å²) in [5.41, 5.74) is -0.241. The first-order chi connectivity index (χ1) is 12.8. The molecule has 3 rings (SSSR count). The van der Waals surface area contributed by atoms with Crippen molar-refractivity contribution in [3.05, 3.63) is 77.9 Å². The molecule has 0 atom stereocenters. The first kappa shape index (κ1) is 18.6. The van der Waals surface area contributed by atoms with Crippen LogP contribution >= 0.6 is 0 Å². The van der Waals surface area contributed by atoms with Gasteiger partial charge in [0.1, 0.15) is 5.82 Å². The second kappa shape index (κ2) is 7.19. The molecule has 3 nitrogen and oxygen atoms in total. The van der Waals surface area contributed by atoms with E-state index in [0.29, 0.717) is 17.3 Å². The zero-order chi connectivity index (χ0) is 19.6. The van der Waals surface area contributed by atoms with E-state index in [-0.39, 0.29) is 5.56 Å². The zero-order valence-electron chi connectivity index (χ0n) is 14.1. The molecule has 1 heterocycles. The summed E-state index contributed by atoms with van der Waals surface area (Å²) in [4.78, 5) is 16.3. The number of aromatic nitrogens is 1. The molecular weight excluding hydrogens is 360 g/mol. The lowest BCUT2D eigenvalue weighted by Gasteiger charge is -2.10. The van der Waals surface area contributed by atoms with E-state index in [1.807, 2.05) is 6.07 Å². The summed E-state index contributed by atoms with van der Waals surface area (Å²) in [6.07, 6.45) is -0.288. The number of amides is 1. The lowest BCUT2D eigenvalue weighted by Crippen LogP contribution is -2.10. The van der Waals surface area contributed by atoms with E-state index < -0.39 is 23.5 Å². The third kappa shape index (κ3) is 4.13. The molecule has 7 heteroatoms. The number of nitrogens with zero attached hydrogens (tertiary/aromatic N) is 1. The van der Waals surface area contributed by atoms with Gasteiger partial charge in [0.15, 0.2) is 0 Å². The molecule has 1 N–H and O–H groups in total. The summed E-state index contributed by atoms with van der Waals surface area (Å²) in [5, 5.41) is 4.37. The fourth-order valence-corrected chi connectivity index (χ4v) is 2.67. The van der Waals surface area contributed by atoms with Crippen molar-refractivity contribution in [3.8, 4) is 0 Å². The van der Waals surface area contributed by atoms with E-state index in [4.69, 9.17) is 0 Å². The number of halogens is 4. The normalized spacial score (nSPS) is 12.3. The van der Waals surface area contributed by atoms with Crippen molar-refractivity contribution in [2.45, 2.75) is 13.1 Å². The highest BCUT2D eigenvalue weighted by Crippen LogP contribution is 2.32. The number of allylic oxidation sites excluding steroid dienone is 1. The van der Waals surface area contributed by atoms with Crippen LogP contribution in [-0.2, 0) is 11.0 Å². The Bertz CT molecular complexity index is 1040. The van der Waals surface area contributed by atoms with Crippen molar-refractivity contribution >= 4 is 27.9 Å². The number of carbonyl (C=O) groups is 1. The van der Waals surface area contributed by atoms with Gasteiger partial charge in [-0.3, -0.25) is 9.78 Å². The highest BCUT2D eigenvalue weighted by atomic mass is 19.4. The fraction of sp³-hybridized carbons (Fsp3) is 0.100. The molecule has 27 heavy (non-hydrogen) atoms. The van der Waals surface area contributed by atoms with Gasteiger partial charge in [0, 0.05) is 34.9 Å². The van der Waals surface area contributed by atoms with Gasteiger partial charge in [-0.2, -0.15) is 13.2 Å². The van der Waals surface area contributed by atoms with Crippen LogP contribution in [0.3, 0.4) is 0 Å². The van der Waals surface area contributed by atoms with Crippen molar-refractivity contribution in [1.82, 2.24) is 4.98 Å². The maximum Gasteiger partial charge on any atom is 0.419 e. The number of pyridine rings is 1. The Morgan fingerprint density at radius 3 is 2.63 bits per heavy atom. The van der Waals surface area contributed by atoms with Gasteiger partial charge < -0.3 is 5.32 Å². The Hall–Kier alpha value is -3.22. The van der Waals surface area contributed by atoms with Crippen LogP contribution < -0.4 is 5.32 Å². The van der Waals surface area contributed by atoms with Crippen LogP contribution in [0.4, 0.5) is 23.2 Å². The molecule has 0 saturated carbocycles. The molecule has 2 aromatic carbocycles. The number of nitrogens with one attached hydrogen (secondary N) is 1. The predicted molar refractivity (Wildman–Crippen MR) is 95.4 cm³/mol. The number of hydrogen-bond donors (Lipinski definition) is 1. The lowest BCUT2D eigenvalue weighted by atomic mass is 10.0. The molecular formula is C20H14F4N2O. The topological polar surface area (TPSA) is 42.0 Å². The highest BCUT2D eigenvalue weighted by molar-refractivity contribution is 6.08. The van der Waals surface area contributed by atoms with Gasteiger partial charge in [-0.25, -0.2) is 4.39 Å². The maximum atomic E-state index is 13.7. The molecule has 0 unspecified atom stereocenters. The summed E-state index contributed by atoms with van der Waals surface area (Å²) in [6, 6.07) is 9.66. The second-order valence-electron chi connectivity index (χ2n) is 5.91. The third-order valence-electron chi connectivity index (χ3n) is 4.02. The number of anilines is 1. The number of carbonyl (C=O) groups excluding carboxylic acids is 1. The van der Waals surface area contributed by atoms with Crippen LogP contribution in [0.1, 0.15) is 18.1 Å². The minimum Gasteiger partial charge on any atom is -0.322 e. The minimum atomic E-state index is -4.76. The Kier molecular flexibility index (Phi) is 4.94. The molecule has 0 aliphatic heterocycles. The smallest absolute Gasteiger partial charge is 0.322 e. The lowest BCUT2D eigenvalue weighted by molar-refractivity contribution is -0.140. The molecule has 0 fully saturated rings. The van der Waals surface area contributed by atoms with Crippen LogP contribution in [0, 0.1) is 5.82 Å². The number of alkyl halides is 3. The Balaban J connectivity index is 1.84. The van der Waals surface area contributed by atoms with Crippen LogP contribution in [0.25, 0.3) is 16.3 Å². The first-order valence-corrected chi connectivity index (χ1v) is 7.95. The average molecular weight is 374 g/mol. The molecule has 0 aliphatic carbocycles. The van der Waals surface area contributed by atoms with Gasteiger partial charge in [-0.1, -0.05) is 18.2 Å². The molecule has 0 saturated heterocycles. The number of hydrogen-bond acceptors (Lipinski definition) is 2. The average Bonchev–Trinajstić information content (AvgIpc) is 2.60. The summed E-state index contributed by atoms with van der Waals surface area (Å²) in [6.45, 7) is 1.52. The van der Waals surface area contributed by atoms with Crippen LogP contribution in [0.2, 0.25) is 0 Å². The Morgan fingerprint density at radius 1 is 1.15 bits per heavy atom. The molecule has 1 amide bonds. The van der Waals surface area contributed by atoms with Gasteiger partial charge in [0.2, 0.25) is 5.91 Å². The summed E-state index contributed by atoms with van der Waals surface area (Å²) in [5.74, 6) is -1.85. The quantitative estimate of drug-likeness (QED) is 0.490. The number of benzene rings is 2. The summed E-state index contributed by atoms with van der Waals surface area (Å²) >= 11 is 0. The van der Waals surface area contributed by atoms with E-state index in [9.17, 15) is 22.4 Å². The maximum absolute atomic E-state index is 13.7. The van der Waals surface area contributed by atoms with Gasteiger partial charge in [0.25, 0.3) is 0 Å². The standard InChI is InChI=1S/C20H14F4N2O/c1-12(13-5-6-16(17(21)10-13)20(22,23)24)9-19(27)26-18-4-2-3-14-11-25-8-7-15(14)18/h2-11H,1H3,(H,26,27)/b12-9-. The predicted octanol–water partition coefficient (Wildman–Crippen LogP) is 5.43. The van der Waals surface area contributed by atoms with Crippen LogP contribution in [-0.4, -0.2) is 10.9 Å². The Morgan fingerprint density at radius 2 is 1.93 bits per heavy atom. The SMILES string of the molecule is C/C(=C/C(=O)Nc1cccc2cnccc12)c1ccc(C(F)(F)F)c(F)c1. The van der Waals surface area contributed by atoms with E-state index in [0.717, 1.165) is 22.9 Å². The van der Waals surface area contributed by atoms with Gasteiger partial charge >= 0.3 is 6.18 Å². The number of fused-ring (bicyclic) bond motifs is 1. The largest absolute Gasteiger partial charge is 0.419 e. The van der Waals surface area contributed by atoms with Gasteiger partial charge in [-0.15, -0.1) is 0 Å². The van der Waals surface area contributed by atoms with Crippen molar-refractivity contribution in [3.63, 3.8) is 0 Å².